The SMILES string of the molecule is CCCNC=C(C(=O)CC(C)=O)c1cccc(Cl)c1. The van der Waals surface area contributed by atoms with Crippen LogP contribution in [-0.4, -0.2) is 18.1 Å². The van der Waals surface area contributed by atoms with Gasteiger partial charge in [-0.25, -0.2) is 0 Å². The number of halogens is 1. The van der Waals surface area contributed by atoms with Crippen LogP contribution in [0.15, 0.2) is 30.5 Å². The van der Waals surface area contributed by atoms with Gasteiger partial charge in [-0.2, -0.15) is 0 Å². The van der Waals surface area contributed by atoms with E-state index in [2.05, 4.69) is 5.32 Å². The summed E-state index contributed by atoms with van der Waals surface area (Å²) in [5.41, 5.74) is 1.22. The zero-order valence-corrected chi connectivity index (χ0v) is 12.0. The summed E-state index contributed by atoms with van der Waals surface area (Å²) in [7, 11) is 0. The largest absolute Gasteiger partial charge is 0.390 e. The van der Waals surface area contributed by atoms with E-state index in [0.717, 1.165) is 18.5 Å². The van der Waals surface area contributed by atoms with Crippen molar-refractivity contribution in [3.8, 4) is 0 Å². The van der Waals surface area contributed by atoms with Crippen LogP contribution in [0.2, 0.25) is 5.02 Å². The Morgan fingerprint density at radius 2 is 2.11 bits per heavy atom. The third-order valence-corrected chi connectivity index (χ3v) is 2.72. The molecule has 0 amide bonds. The van der Waals surface area contributed by atoms with E-state index in [-0.39, 0.29) is 18.0 Å². The summed E-state index contributed by atoms with van der Waals surface area (Å²) < 4.78 is 0. The highest BCUT2D eigenvalue weighted by molar-refractivity contribution is 6.31. The van der Waals surface area contributed by atoms with Crippen molar-refractivity contribution >= 4 is 28.7 Å². The fourth-order valence-corrected chi connectivity index (χ4v) is 1.81. The molecular weight excluding hydrogens is 262 g/mol. The van der Waals surface area contributed by atoms with Crippen molar-refractivity contribution in [2.24, 2.45) is 0 Å². The molecule has 0 bridgehead atoms. The highest BCUT2D eigenvalue weighted by Crippen LogP contribution is 2.20. The number of nitrogens with one attached hydrogen (secondary N) is 1. The second-order valence-electron chi connectivity index (χ2n) is 4.32. The predicted octanol–water partition coefficient (Wildman–Crippen LogP) is 3.23. The van der Waals surface area contributed by atoms with Crippen LogP contribution in [0.4, 0.5) is 0 Å². The van der Waals surface area contributed by atoms with Crippen LogP contribution in [0, 0.1) is 0 Å². The summed E-state index contributed by atoms with van der Waals surface area (Å²) >= 11 is 5.93. The normalized spacial score (nSPS) is 11.2. The minimum atomic E-state index is -0.196. The van der Waals surface area contributed by atoms with Crippen molar-refractivity contribution in [3.05, 3.63) is 41.1 Å². The molecule has 0 aliphatic carbocycles. The molecule has 102 valence electrons. The molecule has 0 aliphatic heterocycles. The molecule has 0 atom stereocenters. The molecule has 0 aliphatic rings. The van der Waals surface area contributed by atoms with Crippen LogP contribution in [0.5, 0.6) is 0 Å². The Bertz CT molecular complexity index is 495. The van der Waals surface area contributed by atoms with Gasteiger partial charge in [-0.15, -0.1) is 0 Å². The van der Waals surface area contributed by atoms with Crippen LogP contribution in [0.3, 0.4) is 0 Å². The first-order chi connectivity index (χ1) is 9.04. The molecule has 4 heteroatoms. The van der Waals surface area contributed by atoms with Gasteiger partial charge in [-0.3, -0.25) is 9.59 Å². The Kier molecular flexibility index (Phi) is 6.30. The number of ketones is 2. The van der Waals surface area contributed by atoms with Crippen LogP contribution in [-0.2, 0) is 9.59 Å². The number of rotatable bonds is 7. The average molecular weight is 280 g/mol. The minimum absolute atomic E-state index is 0.0911. The molecule has 1 aromatic carbocycles. The van der Waals surface area contributed by atoms with Gasteiger partial charge >= 0.3 is 0 Å². The molecule has 0 saturated heterocycles. The van der Waals surface area contributed by atoms with Gasteiger partial charge in [-0.1, -0.05) is 30.7 Å². The number of carbonyl (C=O) groups excluding carboxylic acids is 2. The fourth-order valence-electron chi connectivity index (χ4n) is 1.62. The van der Waals surface area contributed by atoms with Crippen molar-refractivity contribution in [3.63, 3.8) is 0 Å². The van der Waals surface area contributed by atoms with Gasteiger partial charge in [0.05, 0.1) is 6.42 Å². The van der Waals surface area contributed by atoms with Gasteiger partial charge < -0.3 is 5.32 Å². The van der Waals surface area contributed by atoms with E-state index in [4.69, 9.17) is 11.6 Å². The lowest BCUT2D eigenvalue weighted by molar-refractivity contribution is -0.122. The van der Waals surface area contributed by atoms with Crippen molar-refractivity contribution in [2.75, 3.05) is 6.54 Å². The number of carbonyl (C=O) groups is 2. The molecule has 0 aromatic heterocycles. The Morgan fingerprint density at radius 3 is 2.68 bits per heavy atom. The summed E-state index contributed by atoms with van der Waals surface area (Å²) in [5.74, 6) is -0.341. The Balaban J connectivity index is 3.01. The molecule has 0 spiro atoms. The zero-order chi connectivity index (χ0) is 14.3. The van der Waals surface area contributed by atoms with Crippen LogP contribution >= 0.6 is 11.6 Å². The quantitative estimate of drug-likeness (QED) is 0.473. The number of benzene rings is 1. The molecular formula is C15H18ClNO2. The molecule has 0 radical (unpaired) electrons. The smallest absolute Gasteiger partial charge is 0.172 e. The van der Waals surface area contributed by atoms with Gasteiger partial charge in [0.2, 0.25) is 0 Å². The summed E-state index contributed by atoms with van der Waals surface area (Å²) in [5, 5.41) is 3.63. The van der Waals surface area contributed by atoms with Crippen LogP contribution < -0.4 is 5.32 Å². The molecule has 1 rings (SSSR count). The first-order valence-electron chi connectivity index (χ1n) is 6.26. The topological polar surface area (TPSA) is 46.2 Å². The Hall–Kier alpha value is -1.61. The third-order valence-electron chi connectivity index (χ3n) is 2.49. The van der Waals surface area contributed by atoms with Crippen molar-refractivity contribution < 1.29 is 9.59 Å². The predicted molar refractivity (Wildman–Crippen MR) is 78.0 cm³/mol. The molecule has 0 fully saturated rings. The van der Waals surface area contributed by atoms with Crippen molar-refractivity contribution in [1.82, 2.24) is 5.32 Å². The molecule has 1 aromatic rings. The molecule has 0 heterocycles. The molecule has 0 unspecified atom stereocenters. The zero-order valence-electron chi connectivity index (χ0n) is 11.2. The third kappa shape index (κ3) is 5.26. The lowest BCUT2D eigenvalue weighted by Gasteiger charge is -2.08. The van der Waals surface area contributed by atoms with E-state index < -0.39 is 0 Å². The maximum atomic E-state index is 12.1. The fraction of sp³-hybridized carbons (Fsp3) is 0.333. The van der Waals surface area contributed by atoms with Gasteiger partial charge in [0.1, 0.15) is 5.78 Å². The molecule has 3 nitrogen and oxygen atoms in total. The average Bonchev–Trinajstić information content (AvgIpc) is 2.33. The monoisotopic (exact) mass is 279 g/mol. The van der Waals surface area contributed by atoms with Gasteiger partial charge in [0.25, 0.3) is 0 Å². The minimum Gasteiger partial charge on any atom is -0.390 e. The lowest BCUT2D eigenvalue weighted by atomic mass is 9.99. The Morgan fingerprint density at radius 1 is 1.37 bits per heavy atom. The number of Topliss-reactive ketones (excluding diaryl/α,β-unsaturated/α-hetero) is 2. The Labute approximate surface area is 118 Å². The standard InChI is InChI=1S/C15H18ClNO2/c1-3-7-17-10-14(15(19)8-11(2)18)12-5-4-6-13(16)9-12/h4-6,9-10,17H,3,7-8H2,1-2H3. The summed E-state index contributed by atoms with van der Waals surface area (Å²) in [6.45, 7) is 4.22. The lowest BCUT2D eigenvalue weighted by Crippen LogP contribution is -2.12. The maximum absolute atomic E-state index is 12.1. The van der Waals surface area contributed by atoms with E-state index >= 15 is 0 Å². The number of allylic oxidation sites excluding steroid dienone is 1. The molecule has 0 saturated carbocycles. The summed E-state index contributed by atoms with van der Waals surface area (Å²) in [6, 6.07) is 7.06. The highest BCUT2D eigenvalue weighted by Gasteiger charge is 2.14. The van der Waals surface area contributed by atoms with E-state index in [1.54, 1.807) is 24.4 Å². The van der Waals surface area contributed by atoms with Gasteiger partial charge in [-0.05, 0) is 31.0 Å². The number of hydrogen-bond donors (Lipinski definition) is 1. The highest BCUT2D eigenvalue weighted by atomic mass is 35.5. The second-order valence-corrected chi connectivity index (χ2v) is 4.76. The van der Waals surface area contributed by atoms with Crippen molar-refractivity contribution in [1.29, 1.82) is 0 Å². The van der Waals surface area contributed by atoms with Gasteiger partial charge in [0, 0.05) is 23.3 Å². The first kappa shape index (κ1) is 15.4. The molecule has 1 N–H and O–H groups in total. The van der Waals surface area contributed by atoms with Crippen LogP contribution in [0.1, 0.15) is 32.3 Å². The summed E-state index contributed by atoms with van der Waals surface area (Å²) in [6.07, 6.45) is 2.53. The van der Waals surface area contributed by atoms with E-state index in [1.165, 1.54) is 6.92 Å². The van der Waals surface area contributed by atoms with E-state index in [1.807, 2.05) is 13.0 Å². The van der Waals surface area contributed by atoms with E-state index in [0.29, 0.717) is 10.6 Å². The van der Waals surface area contributed by atoms with Crippen LogP contribution in [0.25, 0.3) is 5.57 Å². The number of hydrogen-bond acceptors (Lipinski definition) is 3. The first-order valence-corrected chi connectivity index (χ1v) is 6.64. The second kappa shape index (κ2) is 7.74. The maximum Gasteiger partial charge on any atom is 0.172 e. The van der Waals surface area contributed by atoms with E-state index in [9.17, 15) is 9.59 Å². The van der Waals surface area contributed by atoms with Crippen molar-refractivity contribution in [2.45, 2.75) is 26.7 Å². The van der Waals surface area contributed by atoms with Gasteiger partial charge in [0.15, 0.2) is 5.78 Å². The summed E-state index contributed by atoms with van der Waals surface area (Å²) in [4.78, 5) is 23.2. The molecule has 19 heavy (non-hydrogen) atoms.